The average Bonchev–Trinajstić information content (AvgIpc) is 3.02. The Morgan fingerprint density at radius 1 is 1.27 bits per heavy atom. The maximum absolute atomic E-state index is 11.9. The van der Waals surface area contributed by atoms with Crippen LogP contribution in [0.25, 0.3) is 11.3 Å². The van der Waals surface area contributed by atoms with Crippen LogP contribution in [-0.2, 0) is 0 Å². The van der Waals surface area contributed by atoms with Crippen molar-refractivity contribution in [2.24, 2.45) is 5.10 Å². The fourth-order valence-corrected chi connectivity index (χ4v) is 2.55. The number of hydrogen-bond acceptors (Lipinski definition) is 6. The number of hydrogen-bond donors (Lipinski definition) is 1. The average molecular weight is 373 g/mol. The fraction of sp³-hybridized carbons (Fsp3) is 0.0588. The molecule has 132 valence electrons. The van der Waals surface area contributed by atoms with Gasteiger partial charge in [0.15, 0.2) is 0 Å². The molecular formula is C17H13ClN4O4. The monoisotopic (exact) mass is 372 g/mol. The van der Waals surface area contributed by atoms with E-state index in [9.17, 15) is 14.9 Å². The van der Waals surface area contributed by atoms with E-state index in [-0.39, 0.29) is 33.4 Å². The molecule has 9 heteroatoms. The Bertz CT molecular complexity index is 1080. The first-order valence-electron chi connectivity index (χ1n) is 7.43. The first kappa shape index (κ1) is 17.4. The quantitative estimate of drug-likeness (QED) is 0.427. The molecule has 2 aromatic heterocycles. The van der Waals surface area contributed by atoms with Crippen LogP contribution in [-0.4, -0.2) is 15.8 Å². The van der Waals surface area contributed by atoms with Gasteiger partial charge in [-0.3, -0.25) is 14.9 Å². The number of nitrogen functional groups attached to an aromatic ring is 1. The minimum Gasteiger partial charge on any atom is -0.455 e. The lowest BCUT2D eigenvalue weighted by molar-refractivity contribution is -0.384. The molecule has 0 spiro atoms. The number of aromatic nitrogens is 1. The molecule has 0 fully saturated rings. The number of nitro benzene ring substituents is 1. The van der Waals surface area contributed by atoms with Gasteiger partial charge in [-0.1, -0.05) is 11.6 Å². The lowest BCUT2D eigenvalue weighted by atomic mass is 10.1. The van der Waals surface area contributed by atoms with Gasteiger partial charge in [-0.05, 0) is 42.8 Å². The van der Waals surface area contributed by atoms with Crippen molar-refractivity contribution in [3.8, 4) is 11.3 Å². The van der Waals surface area contributed by atoms with Gasteiger partial charge < -0.3 is 10.2 Å². The van der Waals surface area contributed by atoms with Gasteiger partial charge in [0, 0.05) is 17.2 Å². The first-order valence-corrected chi connectivity index (χ1v) is 7.80. The van der Waals surface area contributed by atoms with Gasteiger partial charge in [-0.15, -0.1) is 0 Å². The molecule has 0 bridgehead atoms. The van der Waals surface area contributed by atoms with Gasteiger partial charge in [0.05, 0.1) is 16.7 Å². The number of aryl methyl sites for hydroxylation is 1. The normalized spacial score (nSPS) is 11.2. The van der Waals surface area contributed by atoms with Crippen LogP contribution < -0.4 is 11.3 Å². The molecule has 0 unspecified atom stereocenters. The predicted octanol–water partition coefficient (Wildman–Crippen LogP) is 3.44. The lowest BCUT2D eigenvalue weighted by Crippen LogP contribution is -2.19. The third kappa shape index (κ3) is 3.50. The highest BCUT2D eigenvalue weighted by Gasteiger charge is 2.18. The van der Waals surface area contributed by atoms with Gasteiger partial charge in [0.2, 0.25) is 0 Å². The van der Waals surface area contributed by atoms with Crippen molar-refractivity contribution >= 4 is 29.3 Å². The fourth-order valence-electron chi connectivity index (χ4n) is 2.39. The molecule has 3 aromatic rings. The second-order valence-corrected chi connectivity index (χ2v) is 5.91. The van der Waals surface area contributed by atoms with Crippen LogP contribution in [0.2, 0.25) is 5.02 Å². The van der Waals surface area contributed by atoms with E-state index in [1.807, 2.05) is 0 Å². The summed E-state index contributed by atoms with van der Waals surface area (Å²) in [6.45, 7) is 1.75. The third-order valence-electron chi connectivity index (χ3n) is 3.53. The predicted molar refractivity (Wildman–Crippen MR) is 98.7 cm³/mol. The lowest BCUT2D eigenvalue weighted by Gasteiger charge is -2.03. The Balaban J connectivity index is 1.95. The Morgan fingerprint density at radius 2 is 2.04 bits per heavy atom. The first-order chi connectivity index (χ1) is 12.3. The van der Waals surface area contributed by atoms with Crippen LogP contribution in [0.5, 0.6) is 0 Å². The van der Waals surface area contributed by atoms with Crippen LogP contribution in [0, 0.1) is 17.0 Å². The summed E-state index contributed by atoms with van der Waals surface area (Å²) in [6, 6.07) is 10.4. The van der Waals surface area contributed by atoms with Crippen LogP contribution in [0.15, 0.2) is 56.8 Å². The molecule has 3 rings (SSSR count). The van der Waals surface area contributed by atoms with E-state index < -0.39 is 4.92 Å². The summed E-state index contributed by atoms with van der Waals surface area (Å²) in [5.41, 5.74) is 6.25. The second-order valence-electron chi connectivity index (χ2n) is 5.47. The molecule has 0 aliphatic rings. The molecular weight excluding hydrogens is 360 g/mol. The van der Waals surface area contributed by atoms with E-state index in [4.69, 9.17) is 21.8 Å². The van der Waals surface area contributed by atoms with Crippen molar-refractivity contribution in [3.05, 3.63) is 79.3 Å². The number of anilines is 1. The molecule has 0 amide bonds. The zero-order valence-electron chi connectivity index (χ0n) is 13.5. The Hall–Kier alpha value is -3.39. The molecule has 0 saturated carbocycles. The van der Waals surface area contributed by atoms with Crippen LogP contribution in [0.4, 0.5) is 11.5 Å². The largest absolute Gasteiger partial charge is 0.455 e. The highest BCUT2D eigenvalue weighted by atomic mass is 35.5. The van der Waals surface area contributed by atoms with E-state index in [1.165, 1.54) is 30.5 Å². The molecule has 2 heterocycles. The molecule has 8 nitrogen and oxygen atoms in total. The summed E-state index contributed by atoms with van der Waals surface area (Å²) in [5.74, 6) is 0.765. The minimum absolute atomic E-state index is 0.172. The number of rotatable bonds is 4. The summed E-state index contributed by atoms with van der Waals surface area (Å²) in [4.78, 5) is 22.6. The summed E-state index contributed by atoms with van der Waals surface area (Å²) in [6.07, 6.45) is 1.30. The highest BCUT2D eigenvalue weighted by Crippen LogP contribution is 2.33. The molecule has 1 aromatic carbocycles. The summed E-state index contributed by atoms with van der Waals surface area (Å²) in [5, 5.41) is 15.4. The Kier molecular flexibility index (Phi) is 4.59. The van der Waals surface area contributed by atoms with Gasteiger partial charge in [0.25, 0.3) is 11.2 Å². The second kappa shape index (κ2) is 6.85. The van der Waals surface area contributed by atoms with Gasteiger partial charge in [0.1, 0.15) is 17.3 Å². The van der Waals surface area contributed by atoms with E-state index in [0.29, 0.717) is 5.76 Å². The minimum atomic E-state index is -0.538. The SMILES string of the molecule is Cc1cc(N)n(/N=C\c2ccc(-c3ccc(Cl)cc3[N+](=O)[O-])o2)c(=O)c1. The number of pyridine rings is 1. The topological polar surface area (TPSA) is 117 Å². The molecule has 26 heavy (non-hydrogen) atoms. The zero-order valence-corrected chi connectivity index (χ0v) is 14.3. The van der Waals surface area contributed by atoms with Crippen LogP contribution in [0.1, 0.15) is 11.3 Å². The van der Waals surface area contributed by atoms with Crippen LogP contribution in [0.3, 0.4) is 0 Å². The molecule has 0 aliphatic heterocycles. The molecule has 0 atom stereocenters. The third-order valence-corrected chi connectivity index (χ3v) is 3.76. The maximum atomic E-state index is 11.9. The van der Waals surface area contributed by atoms with Gasteiger partial charge in [-0.2, -0.15) is 9.78 Å². The summed E-state index contributed by atoms with van der Waals surface area (Å²) in [7, 11) is 0. The van der Waals surface area contributed by atoms with Crippen LogP contribution >= 0.6 is 11.6 Å². The number of nitrogens with two attached hydrogens (primary N) is 1. The Morgan fingerprint density at radius 3 is 2.73 bits per heavy atom. The van der Waals surface area contributed by atoms with Gasteiger partial charge in [-0.25, -0.2) is 0 Å². The number of nitrogens with zero attached hydrogens (tertiary/aromatic N) is 3. The van der Waals surface area contributed by atoms with Crippen molar-refractivity contribution in [1.82, 2.24) is 4.68 Å². The van der Waals surface area contributed by atoms with E-state index >= 15 is 0 Å². The maximum Gasteiger partial charge on any atom is 0.281 e. The molecule has 2 N–H and O–H groups in total. The smallest absolute Gasteiger partial charge is 0.281 e. The summed E-state index contributed by atoms with van der Waals surface area (Å²) >= 11 is 5.81. The summed E-state index contributed by atoms with van der Waals surface area (Å²) < 4.78 is 6.60. The Labute approximate surface area is 152 Å². The van der Waals surface area contributed by atoms with Crippen molar-refractivity contribution in [2.45, 2.75) is 6.92 Å². The number of furan rings is 1. The molecule has 0 saturated heterocycles. The van der Waals surface area contributed by atoms with E-state index in [0.717, 1.165) is 10.2 Å². The van der Waals surface area contributed by atoms with Gasteiger partial charge >= 0.3 is 0 Å². The zero-order chi connectivity index (χ0) is 18.8. The molecule has 0 aliphatic carbocycles. The van der Waals surface area contributed by atoms with E-state index in [2.05, 4.69) is 5.10 Å². The number of nitro groups is 1. The molecule has 0 radical (unpaired) electrons. The van der Waals surface area contributed by atoms with Crippen molar-refractivity contribution in [2.75, 3.05) is 5.73 Å². The van der Waals surface area contributed by atoms with E-state index in [1.54, 1.807) is 25.1 Å². The standard InChI is InChI=1S/C17H13ClN4O4/c1-10-6-16(19)21(17(23)7-10)20-9-12-3-5-15(26-12)13-4-2-11(18)8-14(13)22(24)25/h2-9H,19H2,1H3/b20-9-. The number of halogens is 1. The van der Waals surface area contributed by atoms with Crippen molar-refractivity contribution < 1.29 is 9.34 Å². The number of benzene rings is 1. The van der Waals surface area contributed by atoms with Crippen molar-refractivity contribution in [1.29, 1.82) is 0 Å². The highest BCUT2D eigenvalue weighted by molar-refractivity contribution is 6.30. The van der Waals surface area contributed by atoms with Crippen molar-refractivity contribution in [3.63, 3.8) is 0 Å².